The molecule has 1 aliphatic heterocycles. The summed E-state index contributed by atoms with van der Waals surface area (Å²) in [6, 6.07) is 13.4. The minimum absolute atomic E-state index is 0.125. The topological polar surface area (TPSA) is 3.01 Å². The molecule has 3 rings (SSSR count). The zero-order valence-electron chi connectivity index (χ0n) is 15.2. The first-order valence-corrected chi connectivity index (χ1v) is 9.21. The van der Waals surface area contributed by atoms with Gasteiger partial charge in [0.2, 0.25) is 5.69 Å². The van der Waals surface area contributed by atoms with E-state index in [1.54, 1.807) is 0 Å². The van der Waals surface area contributed by atoms with Crippen molar-refractivity contribution in [3.8, 4) is 0 Å². The van der Waals surface area contributed by atoms with Crippen molar-refractivity contribution in [1.29, 1.82) is 0 Å². The molecule has 2 aromatic rings. The summed E-state index contributed by atoms with van der Waals surface area (Å²) in [5.41, 5.74) is 4.57. The fraction of sp³-hybridized carbons (Fsp3) is 0.500. The minimum Gasteiger partial charge on any atom is -0.199 e. The Balaban J connectivity index is 1.94. The van der Waals surface area contributed by atoms with Crippen LogP contribution in [0.25, 0.3) is 10.8 Å². The van der Waals surface area contributed by atoms with Crippen molar-refractivity contribution >= 4 is 22.2 Å². The molecule has 0 aromatic heterocycles. The molecule has 0 aliphatic carbocycles. The quantitative estimate of drug-likeness (QED) is 0.441. The lowest BCUT2D eigenvalue weighted by Gasteiger charge is -2.17. The molecular formula is C22H30N+. The van der Waals surface area contributed by atoms with E-state index in [-0.39, 0.29) is 5.41 Å². The summed E-state index contributed by atoms with van der Waals surface area (Å²) in [6.07, 6.45) is 6.70. The third-order valence-electron chi connectivity index (χ3n) is 5.62. The van der Waals surface area contributed by atoms with Crippen LogP contribution in [0.1, 0.15) is 65.4 Å². The van der Waals surface area contributed by atoms with Crippen LogP contribution >= 0.6 is 0 Å². The standard InChI is InChI=1S/C22H30N/c1-5-6-7-8-11-16-23-17(2)22(3,4)21-19-13-10-9-12-18(19)14-15-20(21)23/h9-10,12-15H,5-8,11,16H2,1-4H3/q+1. The van der Waals surface area contributed by atoms with Gasteiger partial charge in [-0.1, -0.05) is 50.5 Å². The van der Waals surface area contributed by atoms with E-state index in [1.165, 1.54) is 59.8 Å². The van der Waals surface area contributed by atoms with Gasteiger partial charge in [0.1, 0.15) is 6.54 Å². The average Bonchev–Trinajstić information content (AvgIpc) is 2.75. The molecule has 1 heteroatoms. The first-order valence-electron chi connectivity index (χ1n) is 9.21. The molecule has 0 spiro atoms. The molecule has 0 amide bonds. The SMILES string of the molecule is CCCCCCC[N+]1=C(C)C(C)(C)c2c1ccc1ccccc21. The van der Waals surface area contributed by atoms with Gasteiger partial charge in [0.25, 0.3) is 0 Å². The minimum atomic E-state index is 0.125. The Hall–Kier alpha value is -1.63. The summed E-state index contributed by atoms with van der Waals surface area (Å²) in [5, 5.41) is 2.78. The highest BCUT2D eigenvalue weighted by Gasteiger charge is 2.43. The van der Waals surface area contributed by atoms with Crippen molar-refractivity contribution in [2.45, 2.75) is 65.2 Å². The van der Waals surface area contributed by atoms with E-state index in [0.29, 0.717) is 0 Å². The first-order chi connectivity index (χ1) is 11.1. The average molecular weight is 308 g/mol. The van der Waals surface area contributed by atoms with Crippen LogP contribution in [0, 0.1) is 0 Å². The Morgan fingerprint density at radius 3 is 2.43 bits per heavy atom. The van der Waals surface area contributed by atoms with E-state index in [1.807, 2.05) is 0 Å². The second-order valence-electron chi connectivity index (χ2n) is 7.46. The van der Waals surface area contributed by atoms with Crippen LogP contribution in [-0.4, -0.2) is 16.8 Å². The Morgan fingerprint density at radius 1 is 0.913 bits per heavy atom. The lowest BCUT2D eigenvalue weighted by atomic mass is 9.80. The third-order valence-corrected chi connectivity index (χ3v) is 5.62. The van der Waals surface area contributed by atoms with Gasteiger partial charge in [-0.2, -0.15) is 4.58 Å². The maximum atomic E-state index is 2.58. The Labute approximate surface area is 141 Å². The second kappa shape index (κ2) is 6.47. The van der Waals surface area contributed by atoms with Gasteiger partial charge in [-0.25, -0.2) is 0 Å². The fourth-order valence-corrected chi connectivity index (χ4v) is 4.00. The zero-order valence-corrected chi connectivity index (χ0v) is 15.2. The van der Waals surface area contributed by atoms with Crippen molar-refractivity contribution in [3.63, 3.8) is 0 Å². The molecule has 0 atom stereocenters. The smallest absolute Gasteiger partial charge is 0.199 e. The van der Waals surface area contributed by atoms with Gasteiger partial charge in [-0.05, 0) is 37.1 Å². The predicted molar refractivity (Wildman–Crippen MR) is 101 cm³/mol. The molecule has 1 aliphatic rings. The molecule has 0 N–H and O–H groups in total. The summed E-state index contributed by atoms with van der Waals surface area (Å²) in [5.74, 6) is 0. The van der Waals surface area contributed by atoms with Crippen LogP contribution < -0.4 is 0 Å². The Bertz CT molecular complexity index is 737. The van der Waals surface area contributed by atoms with Crippen molar-refractivity contribution in [1.82, 2.24) is 0 Å². The molecule has 0 saturated carbocycles. The highest BCUT2D eigenvalue weighted by atomic mass is 15.1. The van der Waals surface area contributed by atoms with E-state index in [4.69, 9.17) is 0 Å². The van der Waals surface area contributed by atoms with Gasteiger partial charge in [0, 0.05) is 25.0 Å². The fourth-order valence-electron chi connectivity index (χ4n) is 4.00. The zero-order chi connectivity index (χ0) is 16.4. The molecule has 0 unspecified atom stereocenters. The maximum absolute atomic E-state index is 2.58. The van der Waals surface area contributed by atoms with Crippen LogP contribution in [0.4, 0.5) is 5.69 Å². The van der Waals surface area contributed by atoms with Gasteiger partial charge in [0.15, 0.2) is 5.71 Å². The molecule has 23 heavy (non-hydrogen) atoms. The van der Waals surface area contributed by atoms with Crippen LogP contribution in [0.3, 0.4) is 0 Å². The number of benzene rings is 2. The molecule has 2 aromatic carbocycles. The van der Waals surface area contributed by atoms with E-state index in [9.17, 15) is 0 Å². The molecule has 0 bridgehead atoms. The molecule has 1 nitrogen and oxygen atoms in total. The predicted octanol–water partition coefficient (Wildman–Crippen LogP) is 6.21. The maximum Gasteiger partial charge on any atom is 0.210 e. The first kappa shape index (κ1) is 16.2. The number of hydrogen-bond donors (Lipinski definition) is 0. The Morgan fingerprint density at radius 2 is 1.65 bits per heavy atom. The summed E-state index contributed by atoms with van der Waals surface area (Å²) < 4.78 is 2.58. The van der Waals surface area contributed by atoms with Crippen molar-refractivity contribution in [3.05, 3.63) is 42.0 Å². The largest absolute Gasteiger partial charge is 0.210 e. The summed E-state index contributed by atoms with van der Waals surface area (Å²) in [4.78, 5) is 0. The number of fused-ring (bicyclic) bond motifs is 3. The third kappa shape index (κ3) is 2.82. The van der Waals surface area contributed by atoms with Crippen molar-refractivity contribution in [2.75, 3.05) is 6.54 Å². The molecular weight excluding hydrogens is 278 g/mol. The number of hydrogen-bond acceptors (Lipinski definition) is 0. The second-order valence-corrected chi connectivity index (χ2v) is 7.46. The van der Waals surface area contributed by atoms with Gasteiger partial charge >= 0.3 is 0 Å². The number of unbranched alkanes of at least 4 members (excludes halogenated alkanes) is 4. The molecule has 0 radical (unpaired) electrons. The summed E-state index contributed by atoms with van der Waals surface area (Å²) >= 11 is 0. The monoisotopic (exact) mass is 308 g/mol. The van der Waals surface area contributed by atoms with Gasteiger partial charge in [-0.15, -0.1) is 0 Å². The van der Waals surface area contributed by atoms with Crippen molar-refractivity contribution < 1.29 is 4.58 Å². The van der Waals surface area contributed by atoms with Crippen LogP contribution in [0.5, 0.6) is 0 Å². The lowest BCUT2D eigenvalue weighted by molar-refractivity contribution is -0.439. The summed E-state index contributed by atoms with van der Waals surface area (Å²) in [7, 11) is 0. The number of rotatable bonds is 6. The Kier molecular flexibility index (Phi) is 4.57. The molecule has 1 heterocycles. The highest BCUT2D eigenvalue weighted by Crippen LogP contribution is 2.43. The lowest BCUT2D eigenvalue weighted by Crippen LogP contribution is -2.26. The summed E-state index contributed by atoms with van der Waals surface area (Å²) in [6.45, 7) is 10.5. The van der Waals surface area contributed by atoms with E-state index >= 15 is 0 Å². The van der Waals surface area contributed by atoms with E-state index in [0.717, 1.165) is 6.54 Å². The van der Waals surface area contributed by atoms with E-state index < -0.39 is 0 Å². The van der Waals surface area contributed by atoms with E-state index in [2.05, 4.69) is 68.7 Å². The number of nitrogens with zero attached hydrogens (tertiary/aromatic N) is 1. The molecule has 0 fully saturated rings. The van der Waals surface area contributed by atoms with Crippen LogP contribution in [0.2, 0.25) is 0 Å². The van der Waals surface area contributed by atoms with Gasteiger partial charge in [-0.3, -0.25) is 0 Å². The molecule has 122 valence electrons. The normalized spacial score (nSPS) is 16.2. The van der Waals surface area contributed by atoms with Gasteiger partial charge < -0.3 is 0 Å². The van der Waals surface area contributed by atoms with Crippen LogP contribution in [-0.2, 0) is 5.41 Å². The van der Waals surface area contributed by atoms with Crippen LogP contribution in [0.15, 0.2) is 36.4 Å². The highest BCUT2D eigenvalue weighted by molar-refractivity contribution is 6.01. The molecule has 0 saturated heterocycles. The van der Waals surface area contributed by atoms with Crippen molar-refractivity contribution in [2.24, 2.45) is 0 Å². The van der Waals surface area contributed by atoms with Gasteiger partial charge in [0.05, 0.1) is 5.41 Å².